The standard InChI is InChI=1S/C18H18N2O3S2/c1-12-3-4-15(9-13(12)2)24-8-6-17(22)23-11-16(21)20-18-14(10-19)5-7-25-18/h3-5,7,9H,6,8,11H2,1-2H3,(H,20,21). The average Bonchev–Trinajstić information content (AvgIpc) is 3.03. The van der Waals surface area contributed by atoms with Gasteiger partial charge in [0, 0.05) is 10.6 Å². The third kappa shape index (κ3) is 5.93. The fourth-order valence-corrected chi connectivity index (χ4v) is 3.61. The SMILES string of the molecule is Cc1ccc(SCCC(=O)OCC(=O)Nc2sccc2C#N)cc1C. The predicted octanol–water partition coefficient (Wildman–Crippen LogP) is 3.90. The zero-order chi connectivity index (χ0) is 18.2. The highest BCUT2D eigenvalue weighted by Gasteiger charge is 2.11. The lowest BCUT2D eigenvalue weighted by Gasteiger charge is -2.06. The van der Waals surface area contributed by atoms with Gasteiger partial charge in [0.25, 0.3) is 5.91 Å². The Labute approximate surface area is 155 Å². The fourth-order valence-electron chi connectivity index (χ4n) is 1.93. The molecule has 7 heteroatoms. The summed E-state index contributed by atoms with van der Waals surface area (Å²) in [7, 11) is 0. The van der Waals surface area contributed by atoms with Gasteiger partial charge in [-0.15, -0.1) is 23.1 Å². The van der Waals surface area contributed by atoms with Gasteiger partial charge in [-0.1, -0.05) is 6.07 Å². The number of nitrogens with one attached hydrogen (secondary N) is 1. The van der Waals surface area contributed by atoms with Crippen molar-refractivity contribution in [2.45, 2.75) is 25.2 Å². The first kappa shape index (κ1) is 19.0. The van der Waals surface area contributed by atoms with E-state index in [-0.39, 0.29) is 13.0 Å². The molecule has 0 aliphatic heterocycles. The number of anilines is 1. The predicted molar refractivity (Wildman–Crippen MR) is 99.9 cm³/mol. The summed E-state index contributed by atoms with van der Waals surface area (Å²) in [6.07, 6.45) is 0.229. The number of thioether (sulfide) groups is 1. The van der Waals surface area contributed by atoms with Gasteiger partial charge in [0.2, 0.25) is 0 Å². The van der Waals surface area contributed by atoms with Crippen LogP contribution >= 0.6 is 23.1 Å². The van der Waals surface area contributed by atoms with Crippen LogP contribution in [0.3, 0.4) is 0 Å². The number of amides is 1. The molecule has 1 N–H and O–H groups in total. The molecule has 2 rings (SSSR count). The van der Waals surface area contributed by atoms with Crippen LogP contribution < -0.4 is 5.32 Å². The van der Waals surface area contributed by atoms with Crippen molar-refractivity contribution < 1.29 is 14.3 Å². The van der Waals surface area contributed by atoms with Gasteiger partial charge in [0.1, 0.15) is 11.1 Å². The van der Waals surface area contributed by atoms with Gasteiger partial charge in [-0.2, -0.15) is 5.26 Å². The number of rotatable bonds is 7. The molecular weight excluding hydrogens is 356 g/mol. The van der Waals surface area contributed by atoms with E-state index in [0.29, 0.717) is 16.3 Å². The van der Waals surface area contributed by atoms with Crippen LogP contribution in [0.5, 0.6) is 0 Å². The lowest BCUT2D eigenvalue weighted by Crippen LogP contribution is -2.20. The number of esters is 1. The zero-order valence-electron chi connectivity index (χ0n) is 14.0. The van der Waals surface area contributed by atoms with E-state index in [1.54, 1.807) is 23.2 Å². The molecule has 0 bridgehead atoms. The van der Waals surface area contributed by atoms with Crippen LogP contribution in [0.2, 0.25) is 0 Å². The first-order valence-corrected chi connectivity index (χ1v) is 9.49. The smallest absolute Gasteiger partial charge is 0.307 e. The van der Waals surface area contributed by atoms with Crippen LogP contribution in [0.1, 0.15) is 23.1 Å². The summed E-state index contributed by atoms with van der Waals surface area (Å²) in [6, 6.07) is 9.78. The lowest BCUT2D eigenvalue weighted by atomic mass is 10.1. The summed E-state index contributed by atoms with van der Waals surface area (Å²) in [5, 5.41) is 13.6. The number of benzene rings is 1. The van der Waals surface area contributed by atoms with E-state index >= 15 is 0 Å². The highest BCUT2D eigenvalue weighted by atomic mass is 32.2. The number of nitriles is 1. The molecule has 0 unspecified atom stereocenters. The van der Waals surface area contributed by atoms with Gasteiger partial charge in [-0.25, -0.2) is 0 Å². The van der Waals surface area contributed by atoms with Crippen molar-refractivity contribution in [3.8, 4) is 6.07 Å². The molecule has 25 heavy (non-hydrogen) atoms. The minimum atomic E-state index is -0.450. The van der Waals surface area contributed by atoms with Crippen LogP contribution in [0.25, 0.3) is 0 Å². The third-order valence-electron chi connectivity index (χ3n) is 3.46. The highest BCUT2D eigenvalue weighted by Crippen LogP contribution is 2.22. The van der Waals surface area contributed by atoms with Crippen molar-refractivity contribution in [3.05, 3.63) is 46.3 Å². The number of ether oxygens (including phenoxy) is 1. The van der Waals surface area contributed by atoms with Gasteiger partial charge in [0.05, 0.1) is 12.0 Å². The Hall–Kier alpha value is -2.30. The molecule has 0 atom stereocenters. The van der Waals surface area contributed by atoms with Crippen molar-refractivity contribution in [1.82, 2.24) is 0 Å². The van der Waals surface area contributed by atoms with Crippen molar-refractivity contribution in [2.24, 2.45) is 0 Å². The summed E-state index contributed by atoms with van der Waals surface area (Å²) < 4.78 is 4.96. The quantitative estimate of drug-likeness (QED) is 0.587. The summed E-state index contributed by atoms with van der Waals surface area (Å²) in [4.78, 5) is 24.6. The molecule has 130 valence electrons. The molecule has 1 heterocycles. The Morgan fingerprint density at radius 2 is 2.08 bits per heavy atom. The molecule has 1 aromatic heterocycles. The van der Waals surface area contributed by atoms with Gasteiger partial charge >= 0.3 is 5.97 Å². The summed E-state index contributed by atoms with van der Waals surface area (Å²) >= 11 is 2.83. The molecule has 0 saturated heterocycles. The largest absolute Gasteiger partial charge is 0.456 e. The highest BCUT2D eigenvalue weighted by molar-refractivity contribution is 7.99. The first-order chi connectivity index (χ1) is 12.0. The second-order valence-corrected chi connectivity index (χ2v) is 7.41. The molecule has 1 amide bonds. The number of hydrogen-bond donors (Lipinski definition) is 1. The van der Waals surface area contributed by atoms with Gasteiger partial charge in [-0.05, 0) is 48.6 Å². The fraction of sp³-hybridized carbons (Fsp3) is 0.278. The molecule has 0 saturated carbocycles. The number of aryl methyl sites for hydroxylation is 2. The van der Waals surface area contributed by atoms with Crippen molar-refractivity contribution in [3.63, 3.8) is 0 Å². The molecule has 0 spiro atoms. The number of carbonyl (C=O) groups is 2. The van der Waals surface area contributed by atoms with Gasteiger partial charge < -0.3 is 10.1 Å². The van der Waals surface area contributed by atoms with Crippen LogP contribution in [0.4, 0.5) is 5.00 Å². The summed E-state index contributed by atoms with van der Waals surface area (Å²) in [5.41, 5.74) is 2.85. The Morgan fingerprint density at radius 1 is 1.28 bits per heavy atom. The van der Waals surface area contributed by atoms with Crippen molar-refractivity contribution >= 4 is 40.0 Å². The van der Waals surface area contributed by atoms with E-state index in [4.69, 9.17) is 10.00 Å². The molecule has 0 aliphatic rings. The topological polar surface area (TPSA) is 79.2 Å². The molecule has 1 aromatic carbocycles. The van der Waals surface area contributed by atoms with Crippen molar-refractivity contribution in [1.29, 1.82) is 5.26 Å². The van der Waals surface area contributed by atoms with Crippen LogP contribution in [0.15, 0.2) is 34.5 Å². The normalized spacial score (nSPS) is 10.1. The number of nitrogens with zero attached hydrogens (tertiary/aromatic N) is 1. The number of thiophene rings is 1. The Balaban J connectivity index is 1.69. The molecule has 2 aromatic rings. The first-order valence-electron chi connectivity index (χ1n) is 7.62. The maximum Gasteiger partial charge on any atom is 0.307 e. The van der Waals surface area contributed by atoms with E-state index < -0.39 is 11.9 Å². The van der Waals surface area contributed by atoms with Gasteiger partial charge in [-0.3, -0.25) is 9.59 Å². The van der Waals surface area contributed by atoms with Crippen LogP contribution in [-0.4, -0.2) is 24.2 Å². The Kier molecular flexibility index (Phi) is 7.04. The summed E-state index contributed by atoms with van der Waals surface area (Å²) in [6.45, 7) is 3.76. The molecule has 5 nitrogen and oxygen atoms in total. The average molecular weight is 374 g/mol. The zero-order valence-corrected chi connectivity index (χ0v) is 15.6. The number of hydrogen-bond acceptors (Lipinski definition) is 6. The van der Waals surface area contributed by atoms with Gasteiger partial charge in [0.15, 0.2) is 6.61 Å². The van der Waals surface area contributed by atoms with Crippen LogP contribution in [-0.2, 0) is 14.3 Å². The molecule has 0 radical (unpaired) electrons. The van der Waals surface area contributed by atoms with Crippen LogP contribution in [0, 0.1) is 25.2 Å². The minimum Gasteiger partial charge on any atom is -0.456 e. The maximum absolute atomic E-state index is 11.8. The molecule has 0 fully saturated rings. The monoisotopic (exact) mass is 374 g/mol. The Bertz CT molecular complexity index is 809. The van der Waals surface area contributed by atoms with Crippen molar-refractivity contribution in [2.75, 3.05) is 17.7 Å². The summed E-state index contributed by atoms with van der Waals surface area (Å²) in [5.74, 6) is -0.279. The maximum atomic E-state index is 11.8. The lowest BCUT2D eigenvalue weighted by molar-refractivity contribution is -0.146. The number of carbonyl (C=O) groups excluding carboxylic acids is 2. The van der Waals surface area contributed by atoms with E-state index in [9.17, 15) is 9.59 Å². The molecular formula is C18H18N2O3S2. The second-order valence-electron chi connectivity index (χ2n) is 5.33. The van der Waals surface area contributed by atoms with E-state index in [0.717, 1.165) is 4.90 Å². The van der Waals surface area contributed by atoms with E-state index in [1.165, 1.54) is 22.5 Å². The van der Waals surface area contributed by atoms with E-state index in [2.05, 4.69) is 31.3 Å². The molecule has 0 aliphatic carbocycles. The minimum absolute atomic E-state index is 0.229. The Morgan fingerprint density at radius 3 is 2.80 bits per heavy atom. The van der Waals surface area contributed by atoms with E-state index in [1.807, 2.05) is 12.1 Å². The second kappa shape index (κ2) is 9.25. The third-order valence-corrected chi connectivity index (χ3v) is 5.28.